The Balaban J connectivity index is 1.92. The monoisotopic (exact) mass is 318 g/mol. The first-order chi connectivity index (χ1) is 10.5. The topological polar surface area (TPSA) is 67.4 Å². The van der Waals surface area contributed by atoms with Crippen molar-refractivity contribution in [1.29, 1.82) is 0 Å². The van der Waals surface area contributed by atoms with Gasteiger partial charge >= 0.3 is 0 Å². The minimum Gasteiger partial charge on any atom is -0.495 e. The van der Waals surface area contributed by atoms with E-state index in [0.29, 0.717) is 17.5 Å². The molecule has 3 rings (SSSR count). The van der Waals surface area contributed by atoms with Gasteiger partial charge in [0.05, 0.1) is 17.7 Å². The molecule has 0 radical (unpaired) electrons. The predicted octanol–water partition coefficient (Wildman–Crippen LogP) is 2.85. The zero-order valence-electron chi connectivity index (χ0n) is 12.5. The second-order valence-electron chi connectivity index (χ2n) is 5.37. The molecule has 6 heteroatoms. The van der Waals surface area contributed by atoms with Crippen molar-refractivity contribution in [1.82, 2.24) is 0 Å². The molecule has 0 saturated heterocycles. The Morgan fingerprint density at radius 1 is 1.23 bits per heavy atom. The van der Waals surface area contributed by atoms with Gasteiger partial charge in [-0.2, -0.15) is 0 Å². The van der Waals surface area contributed by atoms with Gasteiger partial charge in [-0.1, -0.05) is 12.1 Å². The highest BCUT2D eigenvalue weighted by Gasteiger charge is 2.22. The van der Waals surface area contributed by atoms with Crippen LogP contribution in [0.15, 0.2) is 47.4 Å². The summed E-state index contributed by atoms with van der Waals surface area (Å²) in [6.07, 6.45) is 0.827. The largest absolute Gasteiger partial charge is 0.495 e. The Labute approximate surface area is 130 Å². The van der Waals surface area contributed by atoms with Crippen LogP contribution in [0.3, 0.4) is 0 Å². The molecule has 2 aromatic rings. The Bertz CT molecular complexity index is 803. The molecule has 0 amide bonds. The van der Waals surface area contributed by atoms with Gasteiger partial charge in [-0.05, 0) is 49.2 Å². The summed E-state index contributed by atoms with van der Waals surface area (Å²) in [7, 11) is -2.13. The lowest BCUT2D eigenvalue weighted by Gasteiger charge is -2.12. The first kappa shape index (κ1) is 14.7. The van der Waals surface area contributed by atoms with Crippen LogP contribution in [-0.2, 0) is 16.4 Å². The number of nitrogens with one attached hydrogen (secondary N) is 2. The smallest absolute Gasteiger partial charge is 0.262 e. The van der Waals surface area contributed by atoms with Crippen LogP contribution >= 0.6 is 0 Å². The Kier molecular flexibility index (Phi) is 3.70. The van der Waals surface area contributed by atoms with E-state index in [4.69, 9.17) is 4.74 Å². The van der Waals surface area contributed by atoms with Crippen molar-refractivity contribution in [2.24, 2.45) is 0 Å². The van der Waals surface area contributed by atoms with Crippen LogP contribution in [-0.4, -0.2) is 21.6 Å². The third-order valence-electron chi connectivity index (χ3n) is 3.67. The molecule has 22 heavy (non-hydrogen) atoms. The van der Waals surface area contributed by atoms with Crippen LogP contribution in [0, 0.1) is 0 Å². The van der Waals surface area contributed by atoms with Crippen molar-refractivity contribution >= 4 is 21.4 Å². The number of para-hydroxylation sites is 2. The molecule has 0 spiro atoms. The second kappa shape index (κ2) is 5.53. The molecule has 116 valence electrons. The first-order valence-electron chi connectivity index (χ1n) is 7.05. The van der Waals surface area contributed by atoms with Gasteiger partial charge in [-0.3, -0.25) is 4.72 Å². The molecule has 0 aliphatic carbocycles. The van der Waals surface area contributed by atoms with Crippen LogP contribution in [0.25, 0.3) is 0 Å². The number of fused-ring (bicyclic) bond motifs is 1. The fraction of sp³-hybridized carbons (Fsp3) is 0.250. The number of ether oxygens (including phenoxy) is 1. The van der Waals surface area contributed by atoms with Gasteiger partial charge in [0.2, 0.25) is 0 Å². The maximum Gasteiger partial charge on any atom is 0.262 e. The van der Waals surface area contributed by atoms with E-state index in [1.807, 2.05) is 6.07 Å². The van der Waals surface area contributed by atoms with Gasteiger partial charge in [-0.15, -0.1) is 0 Å². The van der Waals surface area contributed by atoms with E-state index >= 15 is 0 Å². The van der Waals surface area contributed by atoms with E-state index < -0.39 is 10.0 Å². The standard InChI is InChI=1S/C16H18N2O3S/c1-11-9-12-10-13(7-8-14(12)17-11)22(19,20)18-15-5-3-4-6-16(15)21-2/h3-8,10-11,17-18H,9H2,1-2H3/t11-/m1/s1. The van der Waals surface area contributed by atoms with Crippen molar-refractivity contribution in [2.45, 2.75) is 24.3 Å². The molecule has 1 aliphatic rings. The predicted molar refractivity (Wildman–Crippen MR) is 87.0 cm³/mol. The summed E-state index contributed by atoms with van der Waals surface area (Å²) in [6.45, 7) is 2.07. The molecule has 0 fully saturated rings. The zero-order valence-corrected chi connectivity index (χ0v) is 13.3. The Morgan fingerprint density at radius 3 is 2.77 bits per heavy atom. The van der Waals surface area contributed by atoms with E-state index in [1.165, 1.54) is 7.11 Å². The molecule has 2 aromatic carbocycles. The van der Waals surface area contributed by atoms with Crippen molar-refractivity contribution < 1.29 is 13.2 Å². The summed E-state index contributed by atoms with van der Waals surface area (Å²) in [4.78, 5) is 0.257. The van der Waals surface area contributed by atoms with Gasteiger partial charge in [0.1, 0.15) is 5.75 Å². The Morgan fingerprint density at radius 2 is 2.00 bits per heavy atom. The second-order valence-corrected chi connectivity index (χ2v) is 7.06. The van der Waals surface area contributed by atoms with Crippen LogP contribution in [0.2, 0.25) is 0 Å². The quantitative estimate of drug-likeness (QED) is 0.909. The number of sulfonamides is 1. The molecule has 0 saturated carbocycles. The van der Waals surface area contributed by atoms with Crippen molar-refractivity contribution in [3.05, 3.63) is 48.0 Å². The summed E-state index contributed by atoms with van der Waals surface area (Å²) >= 11 is 0. The highest BCUT2D eigenvalue weighted by atomic mass is 32.2. The summed E-state index contributed by atoms with van der Waals surface area (Å²) in [5, 5.41) is 3.31. The van der Waals surface area contributed by atoms with E-state index in [1.54, 1.807) is 36.4 Å². The lowest BCUT2D eigenvalue weighted by Crippen LogP contribution is -2.13. The zero-order chi connectivity index (χ0) is 15.7. The molecule has 1 heterocycles. The molecular formula is C16H18N2O3S. The molecule has 0 bridgehead atoms. The van der Waals surface area contributed by atoms with Crippen LogP contribution in [0.5, 0.6) is 5.75 Å². The molecule has 5 nitrogen and oxygen atoms in total. The minimum absolute atomic E-state index is 0.257. The highest BCUT2D eigenvalue weighted by molar-refractivity contribution is 7.92. The third-order valence-corrected chi connectivity index (χ3v) is 5.03. The number of benzene rings is 2. The van der Waals surface area contributed by atoms with Gasteiger partial charge in [0.25, 0.3) is 10.0 Å². The first-order valence-corrected chi connectivity index (χ1v) is 8.53. The molecule has 1 aliphatic heterocycles. The van der Waals surface area contributed by atoms with Gasteiger partial charge in [0.15, 0.2) is 0 Å². The van der Waals surface area contributed by atoms with E-state index in [-0.39, 0.29) is 4.90 Å². The van der Waals surface area contributed by atoms with Gasteiger partial charge < -0.3 is 10.1 Å². The van der Waals surface area contributed by atoms with Crippen LogP contribution < -0.4 is 14.8 Å². The number of methoxy groups -OCH3 is 1. The maximum atomic E-state index is 12.6. The average Bonchev–Trinajstić information content (AvgIpc) is 2.86. The molecular weight excluding hydrogens is 300 g/mol. The normalized spacial score (nSPS) is 16.7. The van der Waals surface area contributed by atoms with Gasteiger partial charge in [-0.25, -0.2) is 8.42 Å². The number of hydrogen-bond donors (Lipinski definition) is 2. The van der Waals surface area contributed by atoms with E-state index in [2.05, 4.69) is 17.0 Å². The van der Waals surface area contributed by atoms with Crippen molar-refractivity contribution in [3.8, 4) is 5.75 Å². The third kappa shape index (κ3) is 2.74. The maximum absolute atomic E-state index is 12.6. The van der Waals surface area contributed by atoms with Gasteiger partial charge in [0, 0.05) is 11.7 Å². The highest BCUT2D eigenvalue weighted by Crippen LogP contribution is 2.30. The number of anilines is 2. The minimum atomic E-state index is -3.64. The molecule has 1 atom stereocenters. The van der Waals surface area contributed by atoms with E-state index in [9.17, 15) is 8.42 Å². The van der Waals surface area contributed by atoms with Crippen molar-refractivity contribution in [2.75, 3.05) is 17.1 Å². The fourth-order valence-corrected chi connectivity index (χ4v) is 3.75. The lowest BCUT2D eigenvalue weighted by molar-refractivity contribution is 0.417. The Hall–Kier alpha value is -2.21. The summed E-state index contributed by atoms with van der Waals surface area (Å²) < 4.78 is 32.9. The summed E-state index contributed by atoms with van der Waals surface area (Å²) in [5.41, 5.74) is 2.45. The average molecular weight is 318 g/mol. The van der Waals surface area contributed by atoms with Crippen molar-refractivity contribution in [3.63, 3.8) is 0 Å². The number of hydrogen-bond acceptors (Lipinski definition) is 4. The fourth-order valence-electron chi connectivity index (χ4n) is 2.63. The SMILES string of the molecule is COc1ccccc1NS(=O)(=O)c1ccc2c(c1)C[C@@H](C)N2. The molecule has 2 N–H and O–H groups in total. The van der Waals surface area contributed by atoms with Crippen LogP contribution in [0.1, 0.15) is 12.5 Å². The summed E-state index contributed by atoms with van der Waals surface area (Å²) in [5.74, 6) is 0.488. The van der Waals surface area contributed by atoms with Crippen LogP contribution in [0.4, 0.5) is 11.4 Å². The van der Waals surface area contributed by atoms with E-state index in [0.717, 1.165) is 17.7 Å². The molecule has 0 aromatic heterocycles. The molecule has 0 unspecified atom stereocenters. The lowest BCUT2D eigenvalue weighted by atomic mass is 10.1. The summed E-state index contributed by atoms with van der Waals surface area (Å²) in [6, 6.07) is 12.4. The number of rotatable bonds is 4.